The van der Waals surface area contributed by atoms with Crippen molar-refractivity contribution in [2.24, 2.45) is 0 Å². The molecule has 0 spiro atoms. The van der Waals surface area contributed by atoms with Crippen molar-refractivity contribution in [3.05, 3.63) is 72.8 Å². The van der Waals surface area contributed by atoms with Gasteiger partial charge in [0, 0.05) is 0 Å². The summed E-state index contributed by atoms with van der Waals surface area (Å²) in [6.07, 6.45) is 5.19. The second-order valence-corrected chi connectivity index (χ2v) is 5.12. The van der Waals surface area contributed by atoms with Crippen molar-refractivity contribution in [3.8, 4) is 23.0 Å². The molecule has 0 aliphatic carbocycles. The van der Waals surface area contributed by atoms with Crippen LogP contribution in [0, 0.1) is 0 Å². The third-order valence-corrected chi connectivity index (χ3v) is 3.44. The van der Waals surface area contributed by atoms with Crippen LogP contribution in [0.25, 0.3) is 0 Å². The van der Waals surface area contributed by atoms with E-state index < -0.39 is 0 Å². The molecular formula is C20H22O4. The quantitative estimate of drug-likeness (QED) is 0.385. The van der Waals surface area contributed by atoms with Gasteiger partial charge in [0.15, 0.2) is 11.5 Å². The van der Waals surface area contributed by atoms with Crippen LogP contribution in [0.5, 0.6) is 23.0 Å². The molecule has 4 heteroatoms. The number of rotatable bonds is 9. The molecule has 0 heterocycles. The molecule has 0 aliphatic heterocycles. The van der Waals surface area contributed by atoms with E-state index in [0.29, 0.717) is 23.0 Å². The summed E-state index contributed by atoms with van der Waals surface area (Å²) in [5, 5.41) is 0. The van der Waals surface area contributed by atoms with Gasteiger partial charge in [-0.1, -0.05) is 24.3 Å². The van der Waals surface area contributed by atoms with Gasteiger partial charge in [-0.15, -0.1) is 13.2 Å². The molecule has 0 fully saturated rings. The van der Waals surface area contributed by atoms with E-state index in [0.717, 1.165) is 24.0 Å². The van der Waals surface area contributed by atoms with Crippen LogP contribution in [0.3, 0.4) is 0 Å². The van der Waals surface area contributed by atoms with Gasteiger partial charge < -0.3 is 9.47 Å². The molecule has 0 atom stereocenters. The Labute approximate surface area is 142 Å². The molecule has 2 aromatic carbocycles. The van der Waals surface area contributed by atoms with Gasteiger partial charge in [-0.3, -0.25) is 9.78 Å². The van der Waals surface area contributed by atoms with Crippen molar-refractivity contribution < 1.29 is 19.2 Å². The third-order valence-electron chi connectivity index (χ3n) is 3.44. The molecule has 0 amide bonds. The molecule has 0 saturated carbocycles. The summed E-state index contributed by atoms with van der Waals surface area (Å²) in [6, 6.07) is 11.3. The Morgan fingerprint density at radius 2 is 1.12 bits per heavy atom. The minimum Gasteiger partial charge on any atom is -0.493 e. The third kappa shape index (κ3) is 4.32. The number of methoxy groups -OCH3 is 2. The number of hydrogen-bond donors (Lipinski definition) is 0. The van der Waals surface area contributed by atoms with E-state index >= 15 is 0 Å². The lowest BCUT2D eigenvalue weighted by Crippen LogP contribution is -2.04. The molecule has 0 aliphatic rings. The van der Waals surface area contributed by atoms with E-state index in [-0.39, 0.29) is 0 Å². The highest BCUT2D eigenvalue weighted by Gasteiger charge is 2.11. The van der Waals surface area contributed by atoms with E-state index in [4.69, 9.17) is 19.2 Å². The monoisotopic (exact) mass is 326 g/mol. The Balaban J connectivity index is 2.15. The Kier molecular flexibility index (Phi) is 6.32. The molecule has 0 saturated heterocycles. The van der Waals surface area contributed by atoms with Gasteiger partial charge >= 0.3 is 0 Å². The molecule has 0 unspecified atom stereocenters. The zero-order valence-corrected chi connectivity index (χ0v) is 14.1. The van der Waals surface area contributed by atoms with Gasteiger partial charge in [0.05, 0.1) is 14.2 Å². The van der Waals surface area contributed by atoms with Crippen molar-refractivity contribution in [1.29, 1.82) is 0 Å². The van der Waals surface area contributed by atoms with Crippen LogP contribution in [0.15, 0.2) is 61.7 Å². The van der Waals surface area contributed by atoms with Gasteiger partial charge in [-0.25, -0.2) is 0 Å². The highest BCUT2D eigenvalue weighted by molar-refractivity contribution is 5.45. The summed E-state index contributed by atoms with van der Waals surface area (Å²) in [5.74, 6) is 2.17. The van der Waals surface area contributed by atoms with Crippen LogP contribution in [0.4, 0.5) is 0 Å². The average molecular weight is 326 g/mol. The van der Waals surface area contributed by atoms with Crippen LogP contribution in [0.1, 0.15) is 11.1 Å². The standard InChI is InChI=1S/C20H22O4/c1-5-7-15-9-11-17(19(13-15)21-3)23-24-18-12-10-16(8-6-2)14-20(18)22-4/h5-6,9-14H,1-2,7-8H2,3-4H3. The maximum absolute atomic E-state index is 5.44. The number of benzene rings is 2. The fraction of sp³-hybridized carbons (Fsp3) is 0.200. The summed E-state index contributed by atoms with van der Waals surface area (Å²) < 4.78 is 10.7. The first-order valence-electron chi connectivity index (χ1n) is 7.62. The highest BCUT2D eigenvalue weighted by atomic mass is 17.2. The lowest BCUT2D eigenvalue weighted by Gasteiger charge is -2.13. The topological polar surface area (TPSA) is 36.9 Å². The van der Waals surface area contributed by atoms with Crippen LogP contribution in [-0.4, -0.2) is 14.2 Å². The Hall–Kier alpha value is -2.88. The summed E-state index contributed by atoms with van der Waals surface area (Å²) in [5.41, 5.74) is 2.17. The van der Waals surface area contributed by atoms with Crippen LogP contribution in [-0.2, 0) is 12.8 Å². The minimum absolute atomic E-state index is 0.488. The average Bonchev–Trinajstić information content (AvgIpc) is 2.61. The van der Waals surface area contributed by atoms with Gasteiger partial charge in [0.25, 0.3) is 0 Å². The fourth-order valence-electron chi connectivity index (χ4n) is 2.24. The lowest BCUT2D eigenvalue weighted by molar-refractivity contribution is -0.103. The molecule has 2 rings (SSSR count). The van der Waals surface area contributed by atoms with E-state index in [1.54, 1.807) is 26.4 Å². The molecule has 126 valence electrons. The Morgan fingerprint density at radius 1 is 0.708 bits per heavy atom. The molecule has 0 N–H and O–H groups in total. The maximum atomic E-state index is 5.44. The van der Waals surface area contributed by atoms with Crippen LogP contribution < -0.4 is 19.2 Å². The van der Waals surface area contributed by atoms with Crippen molar-refractivity contribution in [3.63, 3.8) is 0 Å². The van der Waals surface area contributed by atoms with E-state index in [2.05, 4.69) is 13.2 Å². The summed E-state index contributed by atoms with van der Waals surface area (Å²) in [7, 11) is 3.18. The number of hydrogen-bond acceptors (Lipinski definition) is 4. The van der Waals surface area contributed by atoms with Crippen molar-refractivity contribution >= 4 is 0 Å². The van der Waals surface area contributed by atoms with E-state index in [1.165, 1.54) is 0 Å². The van der Waals surface area contributed by atoms with E-state index in [9.17, 15) is 0 Å². The lowest BCUT2D eigenvalue weighted by atomic mass is 10.1. The van der Waals surface area contributed by atoms with Gasteiger partial charge in [0.1, 0.15) is 0 Å². The maximum Gasteiger partial charge on any atom is 0.220 e. The second-order valence-electron chi connectivity index (χ2n) is 5.12. The Morgan fingerprint density at radius 3 is 1.46 bits per heavy atom. The zero-order chi connectivity index (χ0) is 17.4. The molecule has 0 aromatic heterocycles. The molecule has 24 heavy (non-hydrogen) atoms. The van der Waals surface area contributed by atoms with Gasteiger partial charge in [0.2, 0.25) is 11.5 Å². The fourth-order valence-corrected chi connectivity index (χ4v) is 2.24. The highest BCUT2D eigenvalue weighted by Crippen LogP contribution is 2.32. The molecule has 0 radical (unpaired) electrons. The van der Waals surface area contributed by atoms with Crippen LogP contribution in [0.2, 0.25) is 0 Å². The normalized spacial score (nSPS) is 9.92. The summed E-state index contributed by atoms with van der Waals surface area (Å²) >= 11 is 0. The van der Waals surface area contributed by atoms with E-state index in [1.807, 2.05) is 36.4 Å². The summed E-state index contributed by atoms with van der Waals surface area (Å²) in [4.78, 5) is 10.9. The first-order chi connectivity index (χ1) is 11.7. The molecule has 2 aromatic rings. The first-order valence-corrected chi connectivity index (χ1v) is 7.62. The summed E-state index contributed by atoms with van der Waals surface area (Å²) in [6.45, 7) is 7.46. The first kappa shape index (κ1) is 17.5. The van der Waals surface area contributed by atoms with Crippen molar-refractivity contribution in [2.45, 2.75) is 12.8 Å². The predicted molar refractivity (Wildman–Crippen MR) is 95.0 cm³/mol. The number of ether oxygens (including phenoxy) is 2. The molecular weight excluding hydrogens is 304 g/mol. The van der Waals surface area contributed by atoms with Crippen LogP contribution >= 0.6 is 0 Å². The Bertz CT molecular complexity index is 645. The molecule has 4 nitrogen and oxygen atoms in total. The van der Waals surface area contributed by atoms with Gasteiger partial charge in [-0.2, -0.15) is 0 Å². The minimum atomic E-state index is 0.488. The predicted octanol–water partition coefficient (Wildman–Crippen LogP) is 4.53. The molecule has 0 bridgehead atoms. The van der Waals surface area contributed by atoms with Crippen molar-refractivity contribution in [2.75, 3.05) is 14.2 Å². The second kappa shape index (κ2) is 8.67. The van der Waals surface area contributed by atoms with Crippen molar-refractivity contribution in [1.82, 2.24) is 0 Å². The van der Waals surface area contributed by atoms with Gasteiger partial charge in [-0.05, 0) is 48.2 Å². The SMILES string of the molecule is C=CCc1ccc(OOc2ccc(CC=C)cc2OC)c(OC)c1. The zero-order valence-electron chi connectivity index (χ0n) is 14.1. The largest absolute Gasteiger partial charge is 0.493 e. The smallest absolute Gasteiger partial charge is 0.220 e. The number of allylic oxidation sites excluding steroid dienone is 2.